The summed E-state index contributed by atoms with van der Waals surface area (Å²) in [7, 11) is 6.49. The fourth-order valence-electron chi connectivity index (χ4n) is 1.81. The molecule has 1 saturated heterocycles. The Kier molecular flexibility index (Phi) is 3.98. The standard InChI is InChI=1S/C9H21N3/c1-11(2)7-9-6-10-4-5-12(3)8-9/h9-10H,4-8H2,1-3H3. The average Bonchev–Trinajstić information content (AvgIpc) is 2.12. The van der Waals surface area contributed by atoms with Crippen molar-refractivity contribution in [1.29, 1.82) is 0 Å². The topological polar surface area (TPSA) is 18.5 Å². The van der Waals surface area contributed by atoms with E-state index >= 15 is 0 Å². The number of hydrogen-bond acceptors (Lipinski definition) is 3. The van der Waals surface area contributed by atoms with Gasteiger partial charge in [-0.2, -0.15) is 0 Å². The van der Waals surface area contributed by atoms with Crippen molar-refractivity contribution in [2.75, 3.05) is 53.9 Å². The van der Waals surface area contributed by atoms with Gasteiger partial charge in [-0.05, 0) is 27.1 Å². The van der Waals surface area contributed by atoms with Gasteiger partial charge in [0, 0.05) is 32.7 Å². The lowest BCUT2D eigenvalue weighted by molar-refractivity contribution is 0.258. The van der Waals surface area contributed by atoms with Gasteiger partial charge in [0.05, 0.1) is 0 Å². The Hall–Kier alpha value is -0.120. The summed E-state index contributed by atoms with van der Waals surface area (Å²) in [6.45, 7) is 5.91. The lowest BCUT2D eigenvalue weighted by Gasteiger charge is -2.22. The largest absolute Gasteiger partial charge is 0.315 e. The van der Waals surface area contributed by atoms with Crippen molar-refractivity contribution >= 4 is 0 Å². The Bertz CT molecular complexity index is 125. The van der Waals surface area contributed by atoms with Crippen molar-refractivity contribution in [2.45, 2.75) is 0 Å². The molecule has 0 radical (unpaired) electrons. The zero-order valence-corrected chi connectivity index (χ0v) is 8.51. The second-order valence-electron chi connectivity index (χ2n) is 4.09. The zero-order valence-electron chi connectivity index (χ0n) is 8.51. The minimum Gasteiger partial charge on any atom is -0.315 e. The van der Waals surface area contributed by atoms with Crippen molar-refractivity contribution in [3.63, 3.8) is 0 Å². The summed E-state index contributed by atoms with van der Waals surface area (Å²) >= 11 is 0. The lowest BCUT2D eigenvalue weighted by atomic mass is 10.1. The summed E-state index contributed by atoms with van der Waals surface area (Å²) in [5.74, 6) is 0.785. The van der Waals surface area contributed by atoms with Crippen LogP contribution in [0.4, 0.5) is 0 Å². The Balaban J connectivity index is 2.31. The highest BCUT2D eigenvalue weighted by Crippen LogP contribution is 2.02. The number of likely N-dealkylation sites (N-methyl/N-ethyl adjacent to an activating group) is 1. The van der Waals surface area contributed by atoms with Crippen LogP contribution in [-0.4, -0.2) is 63.7 Å². The first-order valence-corrected chi connectivity index (χ1v) is 4.72. The van der Waals surface area contributed by atoms with Crippen molar-refractivity contribution in [3.8, 4) is 0 Å². The maximum Gasteiger partial charge on any atom is 0.0104 e. The first kappa shape index (κ1) is 9.96. The summed E-state index contributed by atoms with van der Waals surface area (Å²) in [6, 6.07) is 0. The Labute approximate surface area is 75.7 Å². The zero-order chi connectivity index (χ0) is 8.97. The van der Waals surface area contributed by atoms with Gasteiger partial charge in [-0.1, -0.05) is 0 Å². The first-order valence-electron chi connectivity index (χ1n) is 4.72. The third-order valence-corrected chi connectivity index (χ3v) is 2.30. The average molecular weight is 171 g/mol. The molecule has 0 aromatic heterocycles. The third-order valence-electron chi connectivity index (χ3n) is 2.30. The maximum absolute atomic E-state index is 3.46. The van der Waals surface area contributed by atoms with Crippen LogP contribution in [0, 0.1) is 5.92 Å². The van der Waals surface area contributed by atoms with Crippen molar-refractivity contribution in [1.82, 2.24) is 15.1 Å². The Morgan fingerprint density at radius 2 is 2.25 bits per heavy atom. The molecule has 0 bridgehead atoms. The predicted octanol–water partition coefficient (Wildman–Crippen LogP) is -0.301. The molecule has 0 aromatic carbocycles. The first-order chi connectivity index (χ1) is 5.68. The number of hydrogen-bond donors (Lipinski definition) is 1. The molecule has 1 N–H and O–H groups in total. The van der Waals surface area contributed by atoms with Gasteiger partial charge in [-0.15, -0.1) is 0 Å². The molecule has 1 atom stereocenters. The second-order valence-corrected chi connectivity index (χ2v) is 4.09. The van der Waals surface area contributed by atoms with E-state index in [-0.39, 0.29) is 0 Å². The van der Waals surface area contributed by atoms with E-state index in [0.29, 0.717) is 0 Å². The van der Waals surface area contributed by atoms with E-state index in [0.717, 1.165) is 12.5 Å². The van der Waals surface area contributed by atoms with Crippen LogP contribution in [0.2, 0.25) is 0 Å². The van der Waals surface area contributed by atoms with E-state index in [1.54, 1.807) is 0 Å². The minimum absolute atomic E-state index is 0.785. The highest BCUT2D eigenvalue weighted by atomic mass is 15.1. The molecule has 1 fully saturated rings. The molecule has 0 spiro atoms. The van der Waals surface area contributed by atoms with Crippen LogP contribution in [0.15, 0.2) is 0 Å². The van der Waals surface area contributed by atoms with Crippen LogP contribution in [-0.2, 0) is 0 Å². The highest BCUT2D eigenvalue weighted by Gasteiger charge is 2.15. The van der Waals surface area contributed by atoms with Gasteiger partial charge >= 0.3 is 0 Å². The van der Waals surface area contributed by atoms with Gasteiger partial charge in [0.1, 0.15) is 0 Å². The maximum atomic E-state index is 3.46. The predicted molar refractivity (Wildman–Crippen MR) is 52.4 cm³/mol. The molecular weight excluding hydrogens is 150 g/mol. The normalized spacial score (nSPS) is 27.5. The van der Waals surface area contributed by atoms with Crippen LogP contribution in [0.1, 0.15) is 0 Å². The summed E-state index contributed by atoms with van der Waals surface area (Å²) in [4.78, 5) is 4.68. The molecule has 3 nitrogen and oxygen atoms in total. The SMILES string of the molecule is CN(C)CC1CNCCN(C)C1. The number of rotatable bonds is 2. The molecule has 72 valence electrons. The number of nitrogens with zero attached hydrogens (tertiary/aromatic N) is 2. The molecule has 1 heterocycles. The van der Waals surface area contributed by atoms with Crippen LogP contribution < -0.4 is 5.32 Å². The van der Waals surface area contributed by atoms with Gasteiger partial charge in [-0.25, -0.2) is 0 Å². The molecule has 0 saturated carbocycles. The van der Waals surface area contributed by atoms with Gasteiger partial charge in [0.25, 0.3) is 0 Å². The molecule has 12 heavy (non-hydrogen) atoms. The second kappa shape index (κ2) is 4.80. The summed E-state index contributed by atoms with van der Waals surface area (Å²) in [6.07, 6.45) is 0. The molecule has 1 rings (SSSR count). The van der Waals surface area contributed by atoms with Gasteiger partial charge < -0.3 is 15.1 Å². The molecular formula is C9H21N3. The van der Waals surface area contributed by atoms with Crippen LogP contribution in [0.25, 0.3) is 0 Å². The Morgan fingerprint density at radius 3 is 2.92 bits per heavy atom. The fourth-order valence-corrected chi connectivity index (χ4v) is 1.81. The highest BCUT2D eigenvalue weighted by molar-refractivity contribution is 4.73. The summed E-state index contributed by atoms with van der Waals surface area (Å²) in [5.41, 5.74) is 0. The minimum atomic E-state index is 0.785. The van der Waals surface area contributed by atoms with Crippen molar-refractivity contribution in [3.05, 3.63) is 0 Å². The van der Waals surface area contributed by atoms with E-state index in [9.17, 15) is 0 Å². The summed E-state index contributed by atoms with van der Waals surface area (Å²) < 4.78 is 0. The van der Waals surface area contributed by atoms with Crippen molar-refractivity contribution < 1.29 is 0 Å². The lowest BCUT2D eigenvalue weighted by Crippen LogP contribution is -2.33. The molecule has 0 aromatic rings. The van der Waals surface area contributed by atoms with Crippen LogP contribution in [0.3, 0.4) is 0 Å². The molecule has 1 aliphatic heterocycles. The molecule has 0 amide bonds. The van der Waals surface area contributed by atoms with E-state index in [1.165, 1.54) is 26.2 Å². The molecule has 1 unspecified atom stereocenters. The van der Waals surface area contributed by atoms with Gasteiger partial charge in [0.15, 0.2) is 0 Å². The Morgan fingerprint density at radius 1 is 1.50 bits per heavy atom. The van der Waals surface area contributed by atoms with E-state index in [4.69, 9.17) is 0 Å². The molecule has 3 heteroatoms. The monoisotopic (exact) mass is 171 g/mol. The number of nitrogens with one attached hydrogen (secondary N) is 1. The molecule has 0 aliphatic carbocycles. The smallest absolute Gasteiger partial charge is 0.0104 e. The van der Waals surface area contributed by atoms with Crippen LogP contribution >= 0.6 is 0 Å². The van der Waals surface area contributed by atoms with E-state index < -0.39 is 0 Å². The van der Waals surface area contributed by atoms with Gasteiger partial charge in [0.2, 0.25) is 0 Å². The van der Waals surface area contributed by atoms with E-state index in [2.05, 4.69) is 36.3 Å². The van der Waals surface area contributed by atoms with E-state index in [1.807, 2.05) is 0 Å². The van der Waals surface area contributed by atoms with Crippen LogP contribution in [0.5, 0.6) is 0 Å². The quantitative estimate of drug-likeness (QED) is 0.615. The van der Waals surface area contributed by atoms with Crippen molar-refractivity contribution in [2.24, 2.45) is 5.92 Å². The fraction of sp³-hybridized carbons (Fsp3) is 1.00. The third kappa shape index (κ3) is 3.52. The summed E-state index contributed by atoms with van der Waals surface area (Å²) in [5, 5.41) is 3.46. The molecule has 1 aliphatic rings. The van der Waals surface area contributed by atoms with Gasteiger partial charge in [-0.3, -0.25) is 0 Å².